The minimum atomic E-state index is -0.919. The van der Waals surface area contributed by atoms with Gasteiger partial charge in [0.15, 0.2) is 5.16 Å². The summed E-state index contributed by atoms with van der Waals surface area (Å²) in [5, 5.41) is 8.89. The molecular weight excluding hydrogens is 236 g/mol. The van der Waals surface area contributed by atoms with Crippen LogP contribution in [0.4, 0.5) is 0 Å². The van der Waals surface area contributed by atoms with Gasteiger partial charge in [0.25, 0.3) is 5.56 Å². The Hall–Kier alpha value is -0.950. The van der Waals surface area contributed by atoms with E-state index in [1.165, 1.54) is 0 Å². The molecule has 2 heterocycles. The molecule has 0 amide bonds. The predicted molar refractivity (Wildman–Crippen MR) is 58.2 cm³/mol. The van der Waals surface area contributed by atoms with Gasteiger partial charge in [0, 0.05) is 17.1 Å². The molecule has 2 rings (SSSR count). The molecule has 0 aromatic carbocycles. The normalized spacial score (nSPS) is 13.9. The highest BCUT2D eigenvalue weighted by atomic mass is 32.2. The summed E-state index contributed by atoms with van der Waals surface area (Å²) in [6.07, 6.45) is 0. The molecule has 0 saturated carbocycles. The van der Waals surface area contributed by atoms with Crippen LogP contribution in [0.5, 0.6) is 0 Å². The summed E-state index contributed by atoms with van der Waals surface area (Å²) in [6, 6.07) is 0. The fourth-order valence-electron chi connectivity index (χ4n) is 1.24. The number of hydrogen-bond acceptors (Lipinski definition) is 5. The standard InChI is InChI=1S/C8H8N2O3S2/c11-6(12)3-15-8-9-5-2-14-1-4(5)7(13)10-8/h1-3H2,(H,11,12)(H,9,10,13). The second kappa shape index (κ2) is 4.28. The van der Waals surface area contributed by atoms with Gasteiger partial charge in [0.1, 0.15) is 0 Å². The summed E-state index contributed by atoms with van der Waals surface area (Å²) in [7, 11) is 0. The molecule has 0 bridgehead atoms. The van der Waals surface area contributed by atoms with Crippen molar-refractivity contribution < 1.29 is 9.90 Å². The van der Waals surface area contributed by atoms with Crippen molar-refractivity contribution in [3.05, 3.63) is 21.6 Å². The van der Waals surface area contributed by atoms with Gasteiger partial charge in [0.05, 0.1) is 11.4 Å². The highest BCUT2D eigenvalue weighted by molar-refractivity contribution is 7.99. The lowest BCUT2D eigenvalue weighted by Gasteiger charge is -2.00. The maximum absolute atomic E-state index is 11.5. The molecule has 0 radical (unpaired) electrons. The van der Waals surface area contributed by atoms with Crippen molar-refractivity contribution >= 4 is 29.5 Å². The average molecular weight is 244 g/mol. The second-order valence-corrected chi connectivity index (χ2v) is 4.92. The number of carboxylic acid groups (broad SMARTS) is 1. The number of nitrogens with zero attached hydrogens (tertiary/aromatic N) is 1. The molecule has 0 atom stereocenters. The van der Waals surface area contributed by atoms with Crippen molar-refractivity contribution in [3.8, 4) is 0 Å². The topological polar surface area (TPSA) is 83.0 Å². The zero-order valence-electron chi connectivity index (χ0n) is 7.65. The monoisotopic (exact) mass is 244 g/mol. The molecule has 1 aromatic rings. The fourth-order valence-corrected chi connectivity index (χ4v) is 2.87. The number of fused-ring (bicyclic) bond motifs is 1. The number of hydrogen-bond donors (Lipinski definition) is 2. The Bertz CT molecular complexity index is 458. The van der Waals surface area contributed by atoms with E-state index in [0.717, 1.165) is 28.8 Å². The first-order valence-corrected chi connectivity index (χ1v) is 6.35. The summed E-state index contributed by atoms with van der Waals surface area (Å²) in [6.45, 7) is 0. The number of carboxylic acids is 1. The van der Waals surface area contributed by atoms with Crippen LogP contribution in [0.2, 0.25) is 0 Å². The van der Waals surface area contributed by atoms with Gasteiger partial charge in [0.2, 0.25) is 0 Å². The molecule has 0 aliphatic carbocycles. The number of aliphatic carboxylic acids is 1. The van der Waals surface area contributed by atoms with Crippen LogP contribution in [0.3, 0.4) is 0 Å². The van der Waals surface area contributed by atoms with E-state index >= 15 is 0 Å². The molecule has 0 saturated heterocycles. The van der Waals surface area contributed by atoms with E-state index in [-0.39, 0.29) is 11.3 Å². The molecule has 1 aliphatic heterocycles. The summed E-state index contributed by atoms with van der Waals surface area (Å²) in [5.41, 5.74) is 1.37. The van der Waals surface area contributed by atoms with Crippen molar-refractivity contribution in [2.45, 2.75) is 16.7 Å². The van der Waals surface area contributed by atoms with Gasteiger partial charge in [-0.1, -0.05) is 11.8 Å². The van der Waals surface area contributed by atoms with Crippen molar-refractivity contribution in [2.75, 3.05) is 5.75 Å². The number of carbonyl (C=O) groups is 1. The molecule has 0 spiro atoms. The van der Waals surface area contributed by atoms with Gasteiger partial charge in [-0.25, -0.2) is 4.98 Å². The van der Waals surface area contributed by atoms with Crippen LogP contribution in [0.1, 0.15) is 11.3 Å². The number of aromatic amines is 1. The Labute approximate surface area is 93.7 Å². The molecule has 7 heteroatoms. The first-order chi connectivity index (χ1) is 7.16. The molecule has 1 aromatic heterocycles. The van der Waals surface area contributed by atoms with Crippen LogP contribution in [0.15, 0.2) is 9.95 Å². The Morgan fingerprint density at radius 3 is 3.13 bits per heavy atom. The zero-order chi connectivity index (χ0) is 10.8. The average Bonchev–Trinajstić information content (AvgIpc) is 2.63. The number of H-pyrrole nitrogens is 1. The largest absolute Gasteiger partial charge is 0.481 e. The van der Waals surface area contributed by atoms with Crippen molar-refractivity contribution in [1.82, 2.24) is 9.97 Å². The summed E-state index contributed by atoms with van der Waals surface area (Å²) >= 11 is 2.68. The first-order valence-electron chi connectivity index (χ1n) is 4.21. The predicted octanol–water partition coefficient (Wildman–Crippen LogP) is 0.693. The third-order valence-corrected chi connectivity index (χ3v) is 3.73. The van der Waals surface area contributed by atoms with Crippen LogP contribution in [-0.2, 0) is 16.3 Å². The Balaban J connectivity index is 2.24. The van der Waals surface area contributed by atoms with Crippen molar-refractivity contribution in [1.29, 1.82) is 0 Å². The third kappa shape index (κ3) is 2.35. The molecule has 1 aliphatic rings. The minimum absolute atomic E-state index is 0.0884. The van der Waals surface area contributed by atoms with Gasteiger partial charge in [-0.15, -0.1) is 0 Å². The highest BCUT2D eigenvalue weighted by Crippen LogP contribution is 2.26. The molecule has 80 valence electrons. The Morgan fingerprint density at radius 1 is 1.60 bits per heavy atom. The maximum Gasteiger partial charge on any atom is 0.313 e. The summed E-state index contributed by atoms with van der Waals surface area (Å²) < 4.78 is 0. The molecule has 2 N–H and O–H groups in total. The smallest absolute Gasteiger partial charge is 0.313 e. The molecular formula is C8H8N2O3S2. The van der Waals surface area contributed by atoms with Crippen LogP contribution in [-0.4, -0.2) is 26.8 Å². The number of nitrogens with one attached hydrogen (secondary N) is 1. The molecule has 15 heavy (non-hydrogen) atoms. The zero-order valence-corrected chi connectivity index (χ0v) is 9.28. The quantitative estimate of drug-likeness (QED) is 0.601. The Morgan fingerprint density at radius 2 is 2.40 bits per heavy atom. The molecule has 0 fully saturated rings. The van der Waals surface area contributed by atoms with E-state index in [9.17, 15) is 9.59 Å². The van der Waals surface area contributed by atoms with Crippen LogP contribution in [0, 0.1) is 0 Å². The van der Waals surface area contributed by atoms with Gasteiger partial charge < -0.3 is 10.1 Å². The van der Waals surface area contributed by atoms with E-state index in [1.807, 2.05) is 0 Å². The van der Waals surface area contributed by atoms with E-state index in [2.05, 4.69) is 9.97 Å². The lowest BCUT2D eigenvalue weighted by molar-refractivity contribution is -0.133. The fraction of sp³-hybridized carbons (Fsp3) is 0.375. The lowest BCUT2D eigenvalue weighted by Crippen LogP contribution is -2.15. The Kier molecular flexibility index (Phi) is 3.01. The van der Waals surface area contributed by atoms with E-state index < -0.39 is 5.97 Å². The van der Waals surface area contributed by atoms with Crippen LogP contribution in [0.25, 0.3) is 0 Å². The number of aromatic nitrogens is 2. The molecule has 5 nitrogen and oxygen atoms in total. The van der Waals surface area contributed by atoms with Crippen molar-refractivity contribution in [3.63, 3.8) is 0 Å². The van der Waals surface area contributed by atoms with Crippen molar-refractivity contribution in [2.24, 2.45) is 0 Å². The van der Waals surface area contributed by atoms with E-state index in [1.54, 1.807) is 11.8 Å². The third-order valence-electron chi connectivity index (χ3n) is 1.90. The van der Waals surface area contributed by atoms with Gasteiger partial charge in [-0.05, 0) is 0 Å². The summed E-state index contributed by atoms with van der Waals surface area (Å²) in [5.74, 6) is 0.425. The number of rotatable bonds is 3. The maximum atomic E-state index is 11.5. The van der Waals surface area contributed by atoms with Gasteiger partial charge in [-0.3, -0.25) is 9.59 Å². The SMILES string of the molecule is O=C(O)CSc1nc2c(c(=O)[nH]1)CSC2. The first kappa shape index (κ1) is 10.6. The van der Waals surface area contributed by atoms with E-state index in [0.29, 0.717) is 10.9 Å². The summed E-state index contributed by atoms with van der Waals surface area (Å²) in [4.78, 5) is 28.6. The molecule has 0 unspecified atom stereocenters. The highest BCUT2D eigenvalue weighted by Gasteiger charge is 2.17. The number of thioether (sulfide) groups is 2. The van der Waals surface area contributed by atoms with Gasteiger partial charge >= 0.3 is 5.97 Å². The van der Waals surface area contributed by atoms with Crippen LogP contribution >= 0.6 is 23.5 Å². The minimum Gasteiger partial charge on any atom is -0.481 e. The van der Waals surface area contributed by atoms with Gasteiger partial charge in [-0.2, -0.15) is 11.8 Å². The lowest BCUT2D eigenvalue weighted by atomic mass is 10.3. The second-order valence-electron chi connectivity index (χ2n) is 2.97. The van der Waals surface area contributed by atoms with Crippen LogP contribution < -0.4 is 5.56 Å². The van der Waals surface area contributed by atoms with E-state index in [4.69, 9.17) is 5.11 Å².